The van der Waals surface area contributed by atoms with E-state index in [1.165, 1.54) is 47.5 Å². The lowest BCUT2D eigenvalue weighted by molar-refractivity contribution is -0.124. The van der Waals surface area contributed by atoms with Gasteiger partial charge in [0.15, 0.2) is 0 Å². The van der Waals surface area contributed by atoms with Crippen LogP contribution in [0.15, 0.2) is 0 Å². The van der Waals surface area contributed by atoms with E-state index in [1.54, 1.807) is 7.05 Å². The Labute approximate surface area is 157 Å². The fraction of sp³-hybridized carbons (Fsp3) is 0.833. The van der Waals surface area contributed by atoms with Crippen molar-refractivity contribution in [2.75, 3.05) is 40.8 Å². The fourth-order valence-corrected chi connectivity index (χ4v) is 1.02. The van der Waals surface area contributed by atoms with Gasteiger partial charge < -0.3 is 21.1 Å². The standard InChI is InChI=1S/C6H15N.C5H8O2.C3H7NO.CH5N.CH4O.2CH4/c1-4-7(5-2)6-3;1-4(6)3-5(2)7;1-3(5)4-2;2*1-2;;/h4-6H2,1-3H3;3H2,1-2H3;1-2H3,(H,4,5);2H2,1H3;2H,1H3;2*1H4. The molecular weight excluding hydrogens is 322 g/mol. The van der Waals surface area contributed by atoms with Gasteiger partial charge in [-0.25, -0.2) is 0 Å². The number of aliphatic hydroxyl groups is 1. The maximum atomic E-state index is 10.0. The van der Waals surface area contributed by atoms with Gasteiger partial charge >= 0.3 is 0 Å². The molecule has 0 aliphatic heterocycles. The zero-order chi connectivity index (χ0) is 19.8. The summed E-state index contributed by atoms with van der Waals surface area (Å²) in [6.07, 6.45) is 0.0833. The van der Waals surface area contributed by atoms with E-state index in [-0.39, 0.29) is 38.7 Å². The van der Waals surface area contributed by atoms with E-state index in [1.807, 2.05) is 0 Å². The van der Waals surface area contributed by atoms with Gasteiger partial charge in [0.2, 0.25) is 5.91 Å². The van der Waals surface area contributed by atoms with Crippen LogP contribution in [0.2, 0.25) is 0 Å². The molecule has 0 atom stereocenters. The number of hydrogen-bond donors (Lipinski definition) is 3. The van der Waals surface area contributed by atoms with Crippen LogP contribution in [0.1, 0.15) is 62.8 Å². The minimum atomic E-state index is -0.0625. The highest BCUT2D eigenvalue weighted by Gasteiger charge is 1.94. The zero-order valence-corrected chi connectivity index (χ0v) is 16.5. The number of carbonyl (C=O) groups excluding carboxylic acids is 3. The number of nitrogens with one attached hydrogen (secondary N) is 1. The van der Waals surface area contributed by atoms with Gasteiger partial charge in [0.05, 0.1) is 6.42 Å². The Kier molecular flexibility index (Phi) is 75.9. The van der Waals surface area contributed by atoms with Crippen molar-refractivity contribution < 1.29 is 19.5 Å². The largest absolute Gasteiger partial charge is 0.400 e. The molecule has 0 heterocycles. The van der Waals surface area contributed by atoms with Crippen LogP contribution >= 0.6 is 0 Å². The van der Waals surface area contributed by atoms with Crippen LogP contribution in [-0.4, -0.2) is 68.3 Å². The SMILES string of the molecule is C.C.CC(=O)CC(C)=O.CCN(CC)CC.CN.CNC(C)=O.CO. The Balaban J connectivity index is -0.0000000343. The first kappa shape index (κ1) is 43.8. The Bertz CT molecular complexity index is 239. The van der Waals surface area contributed by atoms with Crippen molar-refractivity contribution in [1.29, 1.82) is 0 Å². The van der Waals surface area contributed by atoms with Gasteiger partial charge in [0.25, 0.3) is 0 Å². The van der Waals surface area contributed by atoms with E-state index < -0.39 is 0 Å². The van der Waals surface area contributed by atoms with Crippen molar-refractivity contribution in [3.05, 3.63) is 0 Å². The predicted octanol–water partition coefficient (Wildman–Crippen LogP) is 2.11. The second-order valence-electron chi connectivity index (χ2n) is 4.01. The number of amides is 1. The summed E-state index contributed by atoms with van der Waals surface area (Å²) in [4.78, 5) is 32.1. The lowest BCUT2D eigenvalue weighted by Gasteiger charge is -2.13. The van der Waals surface area contributed by atoms with Crippen molar-refractivity contribution in [3.63, 3.8) is 0 Å². The van der Waals surface area contributed by atoms with Gasteiger partial charge in [-0.2, -0.15) is 0 Å². The molecule has 0 aromatic rings. The molecule has 0 rings (SSSR count). The summed E-state index contributed by atoms with van der Waals surface area (Å²) in [6.45, 7) is 14.4. The summed E-state index contributed by atoms with van der Waals surface area (Å²) in [7, 11) is 4.10. The molecule has 7 nitrogen and oxygen atoms in total. The average molecular weight is 370 g/mol. The van der Waals surface area contributed by atoms with E-state index in [4.69, 9.17) is 5.11 Å². The summed E-state index contributed by atoms with van der Waals surface area (Å²) < 4.78 is 0. The molecule has 25 heavy (non-hydrogen) atoms. The number of nitrogens with two attached hydrogens (primary N) is 1. The van der Waals surface area contributed by atoms with Crippen LogP contribution in [-0.2, 0) is 14.4 Å². The first-order valence-corrected chi connectivity index (χ1v) is 7.66. The number of rotatable bonds is 5. The van der Waals surface area contributed by atoms with E-state index in [0.717, 1.165) is 7.11 Å². The van der Waals surface area contributed by atoms with Crippen LogP contribution < -0.4 is 11.1 Å². The van der Waals surface area contributed by atoms with E-state index in [2.05, 4.69) is 36.7 Å². The lowest BCUT2D eigenvalue weighted by atomic mass is 10.2. The number of aliphatic hydroxyl groups excluding tert-OH is 1. The topological polar surface area (TPSA) is 113 Å². The minimum absolute atomic E-state index is 0. The van der Waals surface area contributed by atoms with Crippen LogP contribution in [0, 0.1) is 0 Å². The summed E-state index contributed by atoms with van der Waals surface area (Å²) in [5.41, 5.74) is 4.50. The molecule has 0 aliphatic rings. The molecule has 1 amide bonds. The molecule has 0 saturated carbocycles. The van der Waals surface area contributed by atoms with Crippen LogP contribution in [0.3, 0.4) is 0 Å². The molecule has 7 heteroatoms. The van der Waals surface area contributed by atoms with E-state index in [9.17, 15) is 14.4 Å². The highest BCUT2D eigenvalue weighted by Crippen LogP contribution is 1.81. The molecule has 0 aliphatic carbocycles. The minimum Gasteiger partial charge on any atom is -0.400 e. The first-order chi connectivity index (χ1) is 10.7. The third-order valence-electron chi connectivity index (χ3n) is 2.19. The maximum Gasteiger partial charge on any atom is 0.216 e. The number of Topliss-reactive ketones (excluding diaryl/α,β-unsaturated/α-hetero) is 2. The number of nitrogens with zero attached hydrogens (tertiary/aromatic N) is 1. The van der Waals surface area contributed by atoms with E-state index >= 15 is 0 Å². The number of carbonyl (C=O) groups is 3. The monoisotopic (exact) mass is 369 g/mol. The maximum absolute atomic E-state index is 10.0. The second kappa shape index (κ2) is 43.4. The Morgan fingerprint density at radius 3 is 1.04 bits per heavy atom. The molecule has 0 aromatic carbocycles. The van der Waals surface area contributed by atoms with E-state index in [0.29, 0.717) is 0 Å². The van der Waals surface area contributed by atoms with Crippen LogP contribution in [0.25, 0.3) is 0 Å². The molecule has 0 saturated heterocycles. The van der Waals surface area contributed by atoms with Crippen molar-refractivity contribution in [3.8, 4) is 0 Å². The van der Waals surface area contributed by atoms with Gasteiger partial charge in [0, 0.05) is 21.1 Å². The summed E-state index contributed by atoms with van der Waals surface area (Å²) in [5, 5.41) is 9.39. The van der Waals surface area contributed by atoms with Gasteiger partial charge in [0.1, 0.15) is 11.6 Å². The zero-order valence-electron chi connectivity index (χ0n) is 16.5. The predicted molar refractivity (Wildman–Crippen MR) is 111 cm³/mol. The number of ketones is 2. The summed E-state index contributed by atoms with van der Waals surface area (Å²) >= 11 is 0. The molecule has 0 aromatic heterocycles. The first-order valence-electron chi connectivity index (χ1n) is 7.66. The van der Waals surface area contributed by atoms with Crippen LogP contribution in [0.4, 0.5) is 0 Å². The van der Waals surface area contributed by atoms with Crippen molar-refractivity contribution in [2.45, 2.75) is 62.8 Å². The third kappa shape index (κ3) is 85.0. The Morgan fingerprint density at radius 2 is 1.04 bits per heavy atom. The average Bonchev–Trinajstić information content (AvgIpc) is 2.53. The molecule has 158 valence electrons. The summed E-state index contributed by atoms with van der Waals surface area (Å²) in [5.74, 6) is -0.120. The quantitative estimate of drug-likeness (QED) is 0.640. The number of hydrogen-bond acceptors (Lipinski definition) is 6. The molecule has 0 unspecified atom stereocenters. The molecule has 0 fully saturated rings. The lowest BCUT2D eigenvalue weighted by Crippen LogP contribution is -2.21. The smallest absolute Gasteiger partial charge is 0.216 e. The molecule has 0 spiro atoms. The van der Waals surface area contributed by atoms with Gasteiger partial charge in [-0.05, 0) is 40.5 Å². The van der Waals surface area contributed by atoms with Crippen molar-refractivity contribution in [1.82, 2.24) is 10.2 Å². The van der Waals surface area contributed by atoms with Gasteiger partial charge in [-0.15, -0.1) is 0 Å². The fourth-order valence-electron chi connectivity index (χ4n) is 1.02. The highest BCUT2D eigenvalue weighted by atomic mass is 16.2. The molecule has 0 radical (unpaired) electrons. The molecule has 4 N–H and O–H groups in total. The Hall–Kier alpha value is -1.31. The Morgan fingerprint density at radius 1 is 0.840 bits per heavy atom. The van der Waals surface area contributed by atoms with Crippen molar-refractivity contribution in [2.24, 2.45) is 5.73 Å². The summed E-state index contributed by atoms with van der Waals surface area (Å²) in [6, 6.07) is 0. The highest BCUT2D eigenvalue weighted by molar-refractivity contribution is 5.96. The van der Waals surface area contributed by atoms with Crippen molar-refractivity contribution >= 4 is 17.5 Å². The third-order valence-corrected chi connectivity index (χ3v) is 2.19. The second-order valence-corrected chi connectivity index (χ2v) is 4.01. The molecular formula is C18H47N3O4. The molecule has 0 bridgehead atoms. The normalized spacial score (nSPS) is 7.04. The van der Waals surface area contributed by atoms with Crippen LogP contribution in [0.5, 0.6) is 0 Å². The van der Waals surface area contributed by atoms with Gasteiger partial charge in [-0.3, -0.25) is 14.4 Å². The van der Waals surface area contributed by atoms with Gasteiger partial charge in [-0.1, -0.05) is 35.6 Å².